The molecule has 0 N–H and O–H groups in total. The Kier molecular flexibility index (Phi) is 5.52. The Morgan fingerprint density at radius 1 is 1.26 bits per heavy atom. The van der Waals surface area contributed by atoms with Gasteiger partial charge in [-0.05, 0) is 53.2 Å². The monoisotopic (exact) mass is 415 g/mol. The predicted molar refractivity (Wildman–Crippen MR) is 89.3 cm³/mol. The van der Waals surface area contributed by atoms with Crippen LogP contribution in [0.5, 0.6) is 11.5 Å². The average molecular weight is 417 g/mol. The molecule has 0 atom stereocenters. The van der Waals surface area contributed by atoms with E-state index in [0.717, 1.165) is 0 Å². The van der Waals surface area contributed by atoms with Gasteiger partial charge in [0.15, 0.2) is 11.5 Å². The standard InChI is InChI=1S/C15H11BrClNO4S/c1-2-21-14-8-10(9-18)7-13(16)15(14)22-23(19,20)12-5-3-11(17)4-6-12/h3-8H,2H2,1H3. The van der Waals surface area contributed by atoms with Crippen LogP contribution in [-0.4, -0.2) is 15.0 Å². The van der Waals surface area contributed by atoms with E-state index in [0.29, 0.717) is 21.7 Å². The van der Waals surface area contributed by atoms with E-state index >= 15 is 0 Å². The number of rotatable bonds is 5. The third-order valence-electron chi connectivity index (χ3n) is 2.73. The minimum Gasteiger partial charge on any atom is -0.490 e. The Hall–Kier alpha value is -1.75. The lowest BCUT2D eigenvalue weighted by Crippen LogP contribution is -2.11. The molecule has 120 valence electrons. The molecule has 0 aromatic heterocycles. The van der Waals surface area contributed by atoms with Crippen LogP contribution in [0.3, 0.4) is 0 Å². The molecule has 0 radical (unpaired) electrons. The summed E-state index contributed by atoms with van der Waals surface area (Å²) < 4.78 is 35.6. The van der Waals surface area contributed by atoms with Crippen molar-refractivity contribution in [3.05, 3.63) is 51.5 Å². The fourth-order valence-corrected chi connectivity index (χ4v) is 3.45. The van der Waals surface area contributed by atoms with E-state index in [9.17, 15) is 8.42 Å². The van der Waals surface area contributed by atoms with Gasteiger partial charge in [-0.1, -0.05) is 11.6 Å². The molecule has 8 heteroatoms. The molecule has 0 amide bonds. The molecule has 2 rings (SSSR count). The van der Waals surface area contributed by atoms with Crippen molar-refractivity contribution in [1.82, 2.24) is 0 Å². The van der Waals surface area contributed by atoms with Crippen LogP contribution < -0.4 is 8.92 Å². The number of hydrogen-bond donors (Lipinski definition) is 0. The van der Waals surface area contributed by atoms with Gasteiger partial charge in [-0.25, -0.2) is 0 Å². The van der Waals surface area contributed by atoms with Crippen LogP contribution in [0, 0.1) is 11.3 Å². The summed E-state index contributed by atoms with van der Waals surface area (Å²) in [6, 6.07) is 10.4. The second-order valence-electron chi connectivity index (χ2n) is 4.32. The van der Waals surface area contributed by atoms with Crippen LogP contribution in [0.25, 0.3) is 0 Å². The Bertz CT molecular complexity index is 860. The molecule has 0 bridgehead atoms. The van der Waals surface area contributed by atoms with Crippen LogP contribution in [-0.2, 0) is 10.1 Å². The van der Waals surface area contributed by atoms with Crippen molar-refractivity contribution < 1.29 is 17.3 Å². The molecule has 0 unspecified atom stereocenters. The number of halogens is 2. The topological polar surface area (TPSA) is 76.4 Å². The summed E-state index contributed by atoms with van der Waals surface area (Å²) in [4.78, 5) is -0.0411. The van der Waals surface area contributed by atoms with E-state index in [1.54, 1.807) is 6.92 Å². The number of hydrogen-bond acceptors (Lipinski definition) is 5. The number of benzene rings is 2. The molecule has 0 spiro atoms. The second kappa shape index (κ2) is 7.21. The van der Waals surface area contributed by atoms with Crippen molar-refractivity contribution in [3.63, 3.8) is 0 Å². The zero-order chi connectivity index (χ0) is 17.0. The molecule has 0 aliphatic carbocycles. The minimum absolute atomic E-state index is 0.0131. The molecule has 0 heterocycles. The summed E-state index contributed by atoms with van der Waals surface area (Å²) in [6.07, 6.45) is 0. The summed E-state index contributed by atoms with van der Waals surface area (Å²) in [5, 5.41) is 9.40. The summed E-state index contributed by atoms with van der Waals surface area (Å²) in [5.74, 6) is 0.150. The van der Waals surface area contributed by atoms with Gasteiger partial charge in [0.1, 0.15) is 4.90 Å². The largest absolute Gasteiger partial charge is 0.490 e. The zero-order valence-corrected chi connectivity index (χ0v) is 15.1. The zero-order valence-electron chi connectivity index (χ0n) is 11.9. The molecular weight excluding hydrogens is 406 g/mol. The van der Waals surface area contributed by atoms with Crippen molar-refractivity contribution >= 4 is 37.6 Å². The molecule has 0 aliphatic rings. The summed E-state index contributed by atoms with van der Waals surface area (Å²) in [5.41, 5.74) is 0.316. The maximum atomic E-state index is 12.4. The van der Waals surface area contributed by atoms with Gasteiger partial charge in [0, 0.05) is 11.1 Å². The van der Waals surface area contributed by atoms with Gasteiger partial charge in [-0.15, -0.1) is 0 Å². The molecular formula is C15H11BrClNO4S. The van der Waals surface area contributed by atoms with Gasteiger partial charge in [-0.3, -0.25) is 0 Å². The highest BCUT2D eigenvalue weighted by Crippen LogP contribution is 2.38. The molecule has 23 heavy (non-hydrogen) atoms. The lowest BCUT2D eigenvalue weighted by atomic mass is 10.2. The highest BCUT2D eigenvalue weighted by molar-refractivity contribution is 9.10. The van der Waals surface area contributed by atoms with E-state index in [-0.39, 0.29) is 16.4 Å². The molecule has 0 saturated carbocycles. The van der Waals surface area contributed by atoms with E-state index in [4.69, 9.17) is 25.8 Å². The first-order chi connectivity index (χ1) is 10.9. The third-order valence-corrected chi connectivity index (χ3v) is 4.81. The number of nitriles is 1. The van der Waals surface area contributed by atoms with E-state index in [2.05, 4.69) is 15.9 Å². The van der Waals surface area contributed by atoms with Gasteiger partial charge in [0.05, 0.1) is 22.7 Å². The van der Waals surface area contributed by atoms with Gasteiger partial charge >= 0.3 is 10.1 Å². The summed E-state index contributed by atoms with van der Waals surface area (Å²) in [6.45, 7) is 2.03. The van der Waals surface area contributed by atoms with Crippen molar-refractivity contribution in [2.45, 2.75) is 11.8 Å². The molecule has 0 fully saturated rings. The van der Waals surface area contributed by atoms with E-state index in [1.165, 1.54) is 36.4 Å². The van der Waals surface area contributed by atoms with Crippen LogP contribution in [0.4, 0.5) is 0 Å². The fraction of sp³-hybridized carbons (Fsp3) is 0.133. The first-order valence-corrected chi connectivity index (χ1v) is 9.02. The maximum Gasteiger partial charge on any atom is 0.339 e. The average Bonchev–Trinajstić information content (AvgIpc) is 2.51. The highest BCUT2D eigenvalue weighted by Gasteiger charge is 2.22. The predicted octanol–water partition coefficient (Wildman–Crippen LogP) is 4.14. The van der Waals surface area contributed by atoms with Crippen molar-refractivity contribution in [3.8, 4) is 17.6 Å². The van der Waals surface area contributed by atoms with Crippen LogP contribution >= 0.6 is 27.5 Å². The first kappa shape index (κ1) is 17.6. The van der Waals surface area contributed by atoms with Gasteiger partial charge in [-0.2, -0.15) is 13.7 Å². The van der Waals surface area contributed by atoms with Crippen LogP contribution in [0.2, 0.25) is 5.02 Å². The summed E-state index contributed by atoms with van der Waals surface area (Å²) >= 11 is 8.96. The maximum absolute atomic E-state index is 12.4. The quantitative estimate of drug-likeness (QED) is 0.685. The SMILES string of the molecule is CCOc1cc(C#N)cc(Br)c1OS(=O)(=O)c1ccc(Cl)cc1. The van der Waals surface area contributed by atoms with Crippen molar-refractivity contribution in [2.75, 3.05) is 6.61 Å². The van der Waals surface area contributed by atoms with Crippen molar-refractivity contribution in [2.24, 2.45) is 0 Å². The third kappa shape index (κ3) is 4.16. The Balaban J connectivity index is 2.46. The molecule has 0 saturated heterocycles. The normalized spacial score (nSPS) is 10.9. The minimum atomic E-state index is -4.06. The first-order valence-electron chi connectivity index (χ1n) is 6.44. The Morgan fingerprint density at radius 2 is 1.91 bits per heavy atom. The van der Waals surface area contributed by atoms with E-state index < -0.39 is 10.1 Å². The number of ether oxygens (including phenoxy) is 1. The van der Waals surface area contributed by atoms with Gasteiger partial charge in [0.2, 0.25) is 0 Å². The Labute approximate surface area is 147 Å². The molecule has 2 aromatic carbocycles. The van der Waals surface area contributed by atoms with Gasteiger partial charge < -0.3 is 8.92 Å². The molecule has 5 nitrogen and oxygen atoms in total. The Morgan fingerprint density at radius 3 is 2.48 bits per heavy atom. The number of nitrogens with zero attached hydrogens (tertiary/aromatic N) is 1. The van der Waals surface area contributed by atoms with Crippen molar-refractivity contribution in [1.29, 1.82) is 5.26 Å². The smallest absolute Gasteiger partial charge is 0.339 e. The lowest BCUT2D eigenvalue weighted by Gasteiger charge is -2.14. The van der Waals surface area contributed by atoms with Gasteiger partial charge in [0.25, 0.3) is 0 Å². The highest BCUT2D eigenvalue weighted by atomic mass is 79.9. The van der Waals surface area contributed by atoms with E-state index in [1.807, 2.05) is 6.07 Å². The lowest BCUT2D eigenvalue weighted by molar-refractivity contribution is 0.327. The second-order valence-corrected chi connectivity index (χ2v) is 7.16. The fourth-order valence-electron chi connectivity index (χ4n) is 1.74. The molecule has 0 aliphatic heterocycles. The van der Waals surface area contributed by atoms with Crippen LogP contribution in [0.15, 0.2) is 45.8 Å². The summed E-state index contributed by atoms with van der Waals surface area (Å²) in [7, 11) is -4.06. The molecule has 2 aromatic rings. The van der Waals surface area contributed by atoms with Crippen LogP contribution in [0.1, 0.15) is 12.5 Å².